The topological polar surface area (TPSA) is 35.5 Å². The van der Waals surface area contributed by atoms with Gasteiger partial charge in [-0.3, -0.25) is 4.79 Å². The van der Waals surface area contributed by atoms with E-state index in [2.05, 4.69) is 73.9 Å². The van der Waals surface area contributed by atoms with Crippen molar-refractivity contribution in [2.24, 2.45) is 23.2 Å². The fourth-order valence-electron chi connectivity index (χ4n) is 7.63. The van der Waals surface area contributed by atoms with E-state index in [1.807, 2.05) is 0 Å². The minimum atomic E-state index is -1.55. The van der Waals surface area contributed by atoms with Crippen molar-refractivity contribution in [3.05, 3.63) is 0 Å². The zero-order valence-electron chi connectivity index (χ0n) is 24.7. The molecule has 0 aromatic heterocycles. The van der Waals surface area contributed by atoms with Crippen molar-refractivity contribution < 1.29 is 13.6 Å². The van der Waals surface area contributed by atoms with Crippen LogP contribution in [-0.2, 0) is 13.6 Å². The van der Waals surface area contributed by atoms with Gasteiger partial charge in [-0.2, -0.15) is 0 Å². The van der Waals surface area contributed by atoms with Crippen molar-refractivity contribution in [1.82, 2.24) is 0 Å². The summed E-state index contributed by atoms with van der Waals surface area (Å²) >= 11 is 0. The number of hydrogen-bond donors (Lipinski definition) is 0. The Morgan fingerprint density at radius 3 is 1.79 bits per heavy atom. The SMILES string of the molecule is CC(C)(CCCC(CCCC(C)(C)O[Si](C)(C)C)C1CCC2C(=O)CCCC21C)O[Si](C)(C)C. The van der Waals surface area contributed by atoms with Gasteiger partial charge in [-0.15, -0.1) is 0 Å². The summed E-state index contributed by atoms with van der Waals surface area (Å²) in [5, 5.41) is 0. The molecule has 5 heteroatoms. The van der Waals surface area contributed by atoms with Crippen LogP contribution in [0.4, 0.5) is 0 Å². The van der Waals surface area contributed by atoms with Crippen LogP contribution in [0.2, 0.25) is 39.3 Å². The average molecular weight is 511 g/mol. The van der Waals surface area contributed by atoms with Crippen LogP contribution in [0.1, 0.15) is 105 Å². The second kappa shape index (κ2) is 11.2. The summed E-state index contributed by atoms with van der Waals surface area (Å²) in [6.07, 6.45) is 12.8. The minimum absolute atomic E-state index is 0.0366. The quantitative estimate of drug-likeness (QED) is 0.232. The first kappa shape index (κ1) is 30.2. The van der Waals surface area contributed by atoms with E-state index in [0.717, 1.165) is 32.1 Å². The predicted octanol–water partition coefficient (Wildman–Crippen LogP) is 8.99. The van der Waals surface area contributed by atoms with E-state index in [1.54, 1.807) is 0 Å². The van der Waals surface area contributed by atoms with Gasteiger partial charge < -0.3 is 8.85 Å². The lowest BCUT2D eigenvalue weighted by atomic mass is 9.61. The summed E-state index contributed by atoms with van der Waals surface area (Å²) in [5.41, 5.74) is 0.158. The van der Waals surface area contributed by atoms with Crippen LogP contribution in [0.3, 0.4) is 0 Å². The number of carbonyl (C=O) groups is 1. The molecular formula is C29H58O3Si2. The summed E-state index contributed by atoms with van der Waals surface area (Å²) in [5.74, 6) is 2.30. The summed E-state index contributed by atoms with van der Waals surface area (Å²) in [7, 11) is -3.10. The van der Waals surface area contributed by atoms with E-state index in [4.69, 9.17) is 8.85 Å². The van der Waals surface area contributed by atoms with Gasteiger partial charge in [0, 0.05) is 12.3 Å². The molecule has 0 spiro atoms. The van der Waals surface area contributed by atoms with Gasteiger partial charge in [0.1, 0.15) is 5.78 Å². The van der Waals surface area contributed by atoms with Crippen LogP contribution < -0.4 is 0 Å². The largest absolute Gasteiger partial charge is 0.413 e. The Kier molecular flexibility index (Phi) is 9.95. The summed E-state index contributed by atoms with van der Waals surface area (Å²) < 4.78 is 13.0. The standard InChI is InChI=1S/C29H58O3Si2/c1-27(2,31-33(6,7)8)20-12-15-23(16-13-21-28(3,4)32-34(9,10)11)24-18-19-25-26(30)17-14-22-29(24,25)5/h23-25H,12-22H2,1-11H3. The Morgan fingerprint density at radius 2 is 1.35 bits per heavy atom. The third-order valence-corrected chi connectivity index (χ3v) is 10.7. The van der Waals surface area contributed by atoms with Crippen molar-refractivity contribution in [2.45, 2.75) is 156 Å². The maximum atomic E-state index is 12.8. The van der Waals surface area contributed by atoms with Gasteiger partial charge in [0.2, 0.25) is 0 Å². The van der Waals surface area contributed by atoms with Crippen LogP contribution in [-0.4, -0.2) is 33.6 Å². The fourth-order valence-corrected chi connectivity index (χ4v) is 11.2. The number of Topliss-reactive ketones (excluding diaryl/α,β-unsaturated/α-hetero) is 1. The molecule has 200 valence electrons. The van der Waals surface area contributed by atoms with E-state index in [1.165, 1.54) is 38.5 Å². The maximum absolute atomic E-state index is 12.8. The summed E-state index contributed by atoms with van der Waals surface area (Å²) in [6, 6.07) is 0. The summed E-state index contributed by atoms with van der Waals surface area (Å²) in [4.78, 5) is 12.8. The van der Waals surface area contributed by atoms with E-state index in [0.29, 0.717) is 23.5 Å². The number of fused-ring (bicyclic) bond motifs is 1. The fraction of sp³-hybridized carbons (Fsp3) is 0.966. The lowest BCUT2D eigenvalue weighted by molar-refractivity contribution is -0.130. The molecule has 2 saturated carbocycles. The van der Waals surface area contributed by atoms with E-state index in [9.17, 15) is 4.79 Å². The molecule has 3 atom stereocenters. The maximum Gasteiger partial charge on any atom is 0.184 e. The molecule has 0 aromatic carbocycles. The van der Waals surface area contributed by atoms with Gasteiger partial charge in [0.15, 0.2) is 16.6 Å². The van der Waals surface area contributed by atoms with Crippen molar-refractivity contribution >= 4 is 22.4 Å². The average Bonchev–Trinajstić information content (AvgIpc) is 2.94. The molecule has 2 rings (SSSR count). The highest BCUT2D eigenvalue weighted by Gasteiger charge is 2.52. The lowest BCUT2D eigenvalue weighted by Crippen LogP contribution is -2.40. The van der Waals surface area contributed by atoms with Crippen molar-refractivity contribution in [2.75, 3.05) is 0 Å². The smallest absolute Gasteiger partial charge is 0.184 e. The second-order valence-corrected chi connectivity index (χ2v) is 23.9. The second-order valence-electron chi connectivity index (χ2n) is 15.1. The highest BCUT2D eigenvalue weighted by Crippen LogP contribution is 2.58. The molecule has 0 aliphatic heterocycles. The molecule has 0 bridgehead atoms. The Hall–Kier alpha value is 0.0238. The molecule has 0 radical (unpaired) electrons. The molecule has 3 nitrogen and oxygen atoms in total. The molecule has 3 unspecified atom stereocenters. The van der Waals surface area contributed by atoms with E-state index in [-0.39, 0.29) is 16.6 Å². The van der Waals surface area contributed by atoms with Crippen LogP contribution in [0.15, 0.2) is 0 Å². The molecule has 0 saturated heterocycles. The van der Waals surface area contributed by atoms with Gasteiger partial charge in [-0.05, 0) is 123 Å². The third kappa shape index (κ3) is 9.15. The van der Waals surface area contributed by atoms with Gasteiger partial charge in [0.25, 0.3) is 0 Å². The third-order valence-electron chi connectivity index (χ3n) is 8.38. The van der Waals surface area contributed by atoms with Crippen molar-refractivity contribution in [3.63, 3.8) is 0 Å². The zero-order chi connectivity index (χ0) is 26.0. The first-order chi connectivity index (χ1) is 15.3. The molecule has 0 aromatic rings. The number of carbonyl (C=O) groups excluding carboxylic acids is 1. The van der Waals surface area contributed by atoms with Gasteiger partial charge in [-0.1, -0.05) is 32.6 Å². The number of ketones is 1. The molecule has 0 N–H and O–H groups in total. The van der Waals surface area contributed by atoms with E-state index >= 15 is 0 Å². The van der Waals surface area contributed by atoms with E-state index < -0.39 is 16.6 Å². The Morgan fingerprint density at radius 1 is 0.882 bits per heavy atom. The minimum Gasteiger partial charge on any atom is -0.413 e. The van der Waals surface area contributed by atoms with Gasteiger partial charge in [-0.25, -0.2) is 0 Å². The molecule has 2 aliphatic carbocycles. The Labute approximate surface area is 214 Å². The monoisotopic (exact) mass is 510 g/mol. The zero-order valence-corrected chi connectivity index (χ0v) is 26.7. The Bertz CT molecular complexity index is 640. The summed E-state index contributed by atoms with van der Waals surface area (Å²) in [6.45, 7) is 25.4. The molecule has 34 heavy (non-hydrogen) atoms. The van der Waals surface area contributed by atoms with Crippen LogP contribution in [0, 0.1) is 23.2 Å². The highest BCUT2D eigenvalue weighted by atomic mass is 28.4. The van der Waals surface area contributed by atoms with Gasteiger partial charge in [0.05, 0.1) is 11.2 Å². The predicted molar refractivity (Wildman–Crippen MR) is 151 cm³/mol. The highest BCUT2D eigenvalue weighted by molar-refractivity contribution is 6.70. The molecular weight excluding hydrogens is 452 g/mol. The molecule has 2 fully saturated rings. The molecule has 0 amide bonds. The van der Waals surface area contributed by atoms with Crippen LogP contribution >= 0.6 is 0 Å². The van der Waals surface area contributed by atoms with Crippen molar-refractivity contribution in [1.29, 1.82) is 0 Å². The van der Waals surface area contributed by atoms with Crippen LogP contribution in [0.25, 0.3) is 0 Å². The van der Waals surface area contributed by atoms with Crippen molar-refractivity contribution in [3.8, 4) is 0 Å². The molecule has 0 heterocycles. The number of hydrogen-bond acceptors (Lipinski definition) is 3. The normalized spacial score (nSPS) is 26.9. The lowest BCUT2D eigenvalue weighted by Gasteiger charge is -2.43. The number of rotatable bonds is 13. The molecule has 2 aliphatic rings. The first-order valence-corrected chi connectivity index (χ1v) is 21.1. The first-order valence-electron chi connectivity index (χ1n) is 14.3. The Balaban J connectivity index is 2.07. The van der Waals surface area contributed by atoms with Gasteiger partial charge >= 0.3 is 0 Å². The van der Waals surface area contributed by atoms with Crippen LogP contribution in [0.5, 0.6) is 0 Å².